The number of imide groups is 1. The van der Waals surface area contributed by atoms with Crippen molar-refractivity contribution in [3.05, 3.63) is 98.6 Å². The molecule has 2 heterocycles. The van der Waals surface area contributed by atoms with Crippen molar-refractivity contribution < 1.29 is 33.5 Å². The van der Waals surface area contributed by atoms with Gasteiger partial charge >= 0.3 is 7.12 Å². The lowest BCUT2D eigenvalue weighted by molar-refractivity contribution is -0.138. The van der Waals surface area contributed by atoms with Gasteiger partial charge in [-0.3, -0.25) is 14.5 Å². The SMILES string of the molecule is COc1cc(/C=C(\C)CC[C@H]2OB(O)C[C@H]3C2=C(CO[Si](c2ccccc2)(c2ccccc2)C(C)(C)C)C[C@H]2C(=O)N(C)C(=O)[C@H]23)cc(I)c1O. The van der Waals surface area contributed by atoms with Crippen LogP contribution in [0.25, 0.3) is 6.08 Å². The van der Waals surface area contributed by atoms with Gasteiger partial charge in [0.15, 0.2) is 11.5 Å². The average molecular weight is 820 g/mol. The highest BCUT2D eigenvalue weighted by Crippen LogP contribution is 2.51. The Balaban J connectivity index is 1.40. The third-order valence-corrected chi connectivity index (χ3v) is 16.7. The molecule has 0 spiro atoms. The second kappa shape index (κ2) is 15.0. The molecule has 2 amide bonds. The van der Waals surface area contributed by atoms with Gasteiger partial charge in [0.2, 0.25) is 11.8 Å². The van der Waals surface area contributed by atoms with Crippen LogP contribution in [0.5, 0.6) is 11.5 Å². The summed E-state index contributed by atoms with van der Waals surface area (Å²) in [5.74, 6) is -1.17. The maximum atomic E-state index is 13.6. The van der Waals surface area contributed by atoms with E-state index in [0.717, 1.165) is 22.3 Å². The Bertz CT molecular complexity index is 1800. The molecule has 11 heteroatoms. The van der Waals surface area contributed by atoms with Crippen LogP contribution in [0, 0.1) is 21.3 Å². The summed E-state index contributed by atoms with van der Waals surface area (Å²) >= 11 is 2.09. The quantitative estimate of drug-likeness (QED) is 0.109. The van der Waals surface area contributed by atoms with Gasteiger partial charge in [-0.2, -0.15) is 0 Å². The van der Waals surface area contributed by atoms with Crippen LogP contribution in [0.3, 0.4) is 0 Å². The summed E-state index contributed by atoms with van der Waals surface area (Å²) in [6, 6.07) is 24.7. The van der Waals surface area contributed by atoms with Crippen LogP contribution >= 0.6 is 22.6 Å². The summed E-state index contributed by atoms with van der Waals surface area (Å²) in [5, 5.41) is 23.5. The van der Waals surface area contributed by atoms with E-state index >= 15 is 0 Å². The third kappa shape index (κ3) is 7.12. The van der Waals surface area contributed by atoms with Crippen LogP contribution in [0.1, 0.15) is 52.5 Å². The molecule has 3 aromatic carbocycles. The Labute approximate surface area is 316 Å². The fourth-order valence-corrected chi connectivity index (χ4v) is 13.7. The van der Waals surface area contributed by atoms with Crippen molar-refractivity contribution in [1.29, 1.82) is 0 Å². The number of phenols is 1. The Kier molecular flexibility index (Phi) is 11.1. The number of allylic oxidation sites excluding steroid dienone is 1. The number of phenolic OH excluding ortho intramolecular Hbond substituents is 1. The number of methoxy groups -OCH3 is 1. The largest absolute Gasteiger partial charge is 0.504 e. The molecule has 3 aromatic rings. The van der Waals surface area contributed by atoms with E-state index in [9.17, 15) is 19.7 Å². The van der Waals surface area contributed by atoms with Crippen LogP contribution in [0.2, 0.25) is 11.4 Å². The van der Waals surface area contributed by atoms with Gasteiger partial charge in [0.25, 0.3) is 8.32 Å². The minimum absolute atomic E-state index is 0.115. The standard InChI is InChI=1S/C40H47BINO7Si/c1-25(19-26-20-32(42)37(44)34(21-26)48-6)17-18-33-35-27(22-30-36(31(35)23-41(47)50-33)39(46)43(5)38(30)45)24-49-51(40(2,3)4,28-13-9-7-10-14-28)29-15-11-8-12-16-29/h7-16,19-21,30-31,33,36,44,47H,17-18,22-24H2,1-6H3/b25-19+/t30-,31+,33-,36-/m1/s1. The zero-order chi connectivity index (χ0) is 36.7. The molecule has 6 rings (SSSR count). The zero-order valence-electron chi connectivity index (χ0n) is 30.2. The van der Waals surface area contributed by atoms with Gasteiger partial charge < -0.3 is 23.9 Å². The molecule has 268 valence electrons. The number of halogens is 1. The van der Waals surface area contributed by atoms with Crippen molar-refractivity contribution in [2.75, 3.05) is 20.8 Å². The van der Waals surface area contributed by atoms with Crippen molar-refractivity contribution in [3.63, 3.8) is 0 Å². The summed E-state index contributed by atoms with van der Waals surface area (Å²) < 4.78 is 19.8. The number of hydrogen-bond donors (Lipinski definition) is 2. The molecule has 0 aromatic heterocycles. The molecular weight excluding hydrogens is 772 g/mol. The summed E-state index contributed by atoms with van der Waals surface area (Å²) in [5.41, 5.74) is 4.00. The van der Waals surface area contributed by atoms with Crippen molar-refractivity contribution >= 4 is 66.3 Å². The normalized spacial score (nSPS) is 22.7. The lowest BCUT2D eigenvalue weighted by Gasteiger charge is -2.46. The van der Waals surface area contributed by atoms with Crippen molar-refractivity contribution in [2.24, 2.45) is 17.8 Å². The van der Waals surface area contributed by atoms with E-state index in [4.69, 9.17) is 13.8 Å². The van der Waals surface area contributed by atoms with Gasteiger partial charge in [-0.1, -0.05) is 93.1 Å². The van der Waals surface area contributed by atoms with Gasteiger partial charge in [0, 0.05) is 7.05 Å². The summed E-state index contributed by atoms with van der Waals surface area (Å²) in [6.45, 7) is 9.08. The van der Waals surface area contributed by atoms with Crippen molar-refractivity contribution in [1.82, 2.24) is 4.90 Å². The van der Waals surface area contributed by atoms with Crippen molar-refractivity contribution in [2.45, 2.75) is 64.4 Å². The second-order valence-electron chi connectivity index (χ2n) is 15.1. The predicted octanol–water partition coefficient (Wildman–Crippen LogP) is 6.19. The van der Waals surface area contributed by atoms with E-state index in [1.807, 2.05) is 18.2 Å². The third-order valence-electron chi connectivity index (χ3n) is 10.9. The fraction of sp³-hybridized carbons (Fsp3) is 0.400. The number of aromatic hydroxyl groups is 1. The first kappa shape index (κ1) is 37.5. The number of amides is 2. The first-order valence-corrected chi connectivity index (χ1v) is 20.6. The molecule has 2 N–H and O–H groups in total. The fourth-order valence-electron chi connectivity index (χ4n) is 8.56. The van der Waals surface area contributed by atoms with Crippen molar-refractivity contribution in [3.8, 4) is 11.5 Å². The summed E-state index contributed by atoms with van der Waals surface area (Å²) in [7, 11) is -0.872. The Hall–Kier alpha value is -3.23. The van der Waals surface area contributed by atoms with Crippen LogP contribution < -0.4 is 15.1 Å². The number of likely N-dealkylation sites (tertiary alicyclic amines) is 1. The van der Waals surface area contributed by atoms with E-state index in [-0.39, 0.29) is 34.8 Å². The topological polar surface area (TPSA) is 106 Å². The number of hydrogen-bond acceptors (Lipinski definition) is 7. The minimum Gasteiger partial charge on any atom is -0.504 e. The molecule has 1 aliphatic carbocycles. The second-order valence-corrected chi connectivity index (χ2v) is 20.6. The summed E-state index contributed by atoms with van der Waals surface area (Å²) in [6.07, 6.45) is 3.52. The Morgan fingerprint density at radius 3 is 2.25 bits per heavy atom. The molecule has 8 nitrogen and oxygen atoms in total. The number of nitrogens with zero attached hydrogens (tertiary/aromatic N) is 1. The lowest BCUT2D eigenvalue weighted by atomic mass is 9.58. The zero-order valence-corrected chi connectivity index (χ0v) is 33.3. The lowest BCUT2D eigenvalue weighted by Crippen LogP contribution is -2.66. The van der Waals surface area contributed by atoms with E-state index in [1.54, 1.807) is 13.1 Å². The van der Waals surface area contributed by atoms with E-state index in [1.165, 1.54) is 22.4 Å². The average Bonchev–Trinajstić information content (AvgIpc) is 3.32. The molecule has 0 unspecified atom stereocenters. The van der Waals surface area contributed by atoms with E-state index in [2.05, 4.69) is 105 Å². The van der Waals surface area contributed by atoms with Crippen LogP contribution in [-0.4, -0.2) is 69.1 Å². The number of fused-ring (bicyclic) bond motifs is 3. The first-order valence-electron chi connectivity index (χ1n) is 17.6. The number of rotatable bonds is 10. The Morgan fingerprint density at radius 2 is 1.67 bits per heavy atom. The molecule has 2 aliphatic heterocycles. The highest BCUT2D eigenvalue weighted by atomic mass is 127. The molecule has 51 heavy (non-hydrogen) atoms. The molecule has 4 atom stereocenters. The predicted molar refractivity (Wildman–Crippen MR) is 211 cm³/mol. The van der Waals surface area contributed by atoms with Crippen LogP contribution in [-0.2, 0) is 18.7 Å². The number of ether oxygens (including phenoxy) is 1. The molecule has 0 bridgehead atoms. The molecule has 2 fully saturated rings. The number of carbonyl (C=O) groups is 2. The molecular formula is C40H47BINO7Si. The minimum atomic E-state index is -2.92. The van der Waals surface area contributed by atoms with E-state index in [0.29, 0.717) is 35.2 Å². The summed E-state index contributed by atoms with van der Waals surface area (Å²) in [4.78, 5) is 28.4. The number of benzene rings is 3. The van der Waals surface area contributed by atoms with Gasteiger partial charge in [-0.25, -0.2) is 0 Å². The highest BCUT2D eigenvalue weighted by Gasteiger charge is 2.57. The van der Waals surface area contributed by atoms with Gasteiger partial charge in [0.1, 0.15) is 0 Å². The maximum absolute atomic E-state index is 13.6. The van der Waals surface area contributed by atoms with Gasteiger partial charge in [-0.15, -0.1) is 0 Å². The maximum Gasteiger partial charge on any atom is 0.455 e. The Morgan fingerprint density at radius 1 is 1.04 bits per heavy atom. The molecule has 2 saturated heterocycles. The van der Waals surface area contributed by atoms with Crippen LogP contribution in [0.4, 0.5) is 0 Å². The van der Waals surface area contributed by atoms with E-state index < -0.39 is 33.4 Å². The monoisotopic (exact) mass is 819 g/mol. The molecule has 0 saturated carbocycles. The van der Waals surface area contributed by atoms with Crippen LogP contribution in [0.15, 0.2) is 89.5 Å². The number of carbonyl (C=O) groups excluding carboxylic acids is 2. The van der Waals surface area contributed by atoms with Gasteiger partial charge in [-0.05, 0) is 105 Å². The molecule has 3 aliphatic rings. The van der Waals surface area contributed by atoms with Gasteiger partial charge in [0.05, 0.1) is 35.2 Å². The molecule has 0 radical (unpaired) electrons. The smallest absolute Gasteiger partial charge is 0.455 e. The first-order chi connectivity index (χ1) is 24.3. The highest BCUT2D eigenvalue weighted by molar-refractivity contribution is 14.1.